The fraction of sp³-hybridized carbons (Fsp3) is 0.333. The van der Waals surface area contributed by atoms with E-state index in [1.807, 2.05) is 32.9 Å². The molecule has 0 fully saturated rings. The second-order valence-electron chi connectivity index (χ2n) is 7.61. The highest BCUT2D eigenvalue weighted by Gasteiger charge is 2.28. The number of carbonyl (C=O) groups excluding carboxylic acids is 1. The summed E-state index contributed by atoms with van der Waals surface area (Å²) < 4.78 is 6.21. The number of aliphatic hydroxyl groups excluding tert-OH is 1. The van der Waals surface area contributed by atoms with E-state index < -0.39 is 0 Å². The highest BCUT2D eigenvalue weighted by Crippen LogP contribution is 2.42. The second kappa shape index (κ2) is 10.1. The summed E-state index contributed by atoms with van der Waals surface area (Å²) >= 11 is 7.43. The third-order valence-corrected chi connectivity index (χ3v) is 6.86. The van der Waals surface area contributed by atoms with E-state index in [1.54, 1.807) is 23.2 Å². The molecule has 0 saturated heterocycles. The van der Waals surface area contributed by atoms with Crippen LogP contribution >= 0.6 is 23.4 Å². The first-order valence-electron chi connectivity index (χ1n) is 10.8. The van der Waals surface area contributed by atoms with E-state index in [9.17, 15) is 9.90 Å². The Morgan fingerprint density at radius 3 is 2.58 bits per heavy atom. The van der Waals surface area contributed by atoms with Gasteiger partial charge in [0.2, 0.25) is 11.8 Å². The monoisotopic (exact) mass is 484 g/mol. The van der Waals surface area contributed by atoms with E-state index in [0.717, 1.165) is 22.4 Å². The van der Waals surface area contributed by atoms with Crippen molar-refractivity contribution in [3.8, 4) is 23.0 Å². The predicted octanol–water partition coefficient (Wildman–Crippen LogP) is 4.65. The van der Waals surface area contributed by atoms with Crippen LogP contribution in [0.2, 0.25) is 5.02 Å². The van der Waals surface area contributed by atoms with Gasteiger partial charge >= 0.3 is 0 Å². The Hall–Kier alpha value is -2.68. The lowest BCUT2D eigenvalue weighted by Gasteiger charge is -2.24. The van der Waals surface area contributed by atoms with Crippen molar-refractivity contribution in [2.24, 2.45) is 0 Å². The molecule has 1 aromatic carbocycles. The summed E-state index contributed by atoms with van der Waals surface area (Å²) in [7, 11) is 0. The maximum absolute atomic E-state index is 12.7. The maximum atomic E-state index is 12.7. The van der Waals surface area contributed by atoms with Crippen LogP contribution in [0.4, 0.5) is 0 Å². The number of aliphatic hydroxyl groups is 1. The molecule has 9 heteroatoms. The predicted molar refractivity (Wildman–Crippen MR) is 129 cm³/mol. The van der Waals surface area contributed by atoms with Gasteiger partial charge in [0.1, 0.15) is 5.03 Å². The normalized spacial score (nSPS) is 12.0. The molecule has 0 aliphatic carbocycles. The molecule has 33 heavy (non-hydrogen) atoms. The number of rotatable bonds is 7. The molecular formula is C24H25ClN4O3S. The Bertz CT molecular complexity index is 1180. The fourth-order valence-electron chi connectivity index (χ4n) is 3.74. The third kappa shape index (κ3) is 4.83. The highest BCUT2D eigenvalue weighted by molar-refractivity contribution is 7.99. The Morgan fingerprint density at radius 1 is 1.18 bits per heavy atom. The zero-order valence-corrected chi connectivity index (χ0v) is 20.3. The molecule has 0 atom stereocenters. The number of ether oxygens (including phenoxy) is 1. The van der Waals surface area contributed by atoms with Crippen molar-refractivity contribution in [2.45, 2.75) is 38.8 Å². The number of aromatic nitrogens is 3. The van der Waals surface area contributed by atoms with E-state index in [4.69, 9.17) is 21.3 Å². The van der Waals surface area contributed by atoms with E-state index in [2.05, 4.69) is 9.97 Å². The average molecular weight is 485 g/mol. The Kier molecular flexibility index (Phi) is 7.17. The average Bonchev–Trinajstić information content (AvgIpc) is 2.83. The number of benzene rings is 1. The van der Waals surface area contributed by atoms with Crippen molar-refractivity contribution in [2.75, 3.05) is 18.8 Å². The molecule has 1 N–H and O–H groups in total. The van der Waals surface area contributed by atoms with E-state index in [1.165, 1.54) is 11.8 Å². The lowest BCUT2D eigenvalue weighted by molar-refractivity contribution is -0.127. The molecule has 0 radical (unpaired) electrons. The number of hydrogen-bond acceptors (Lipinski definition) is 7. The van der Waals surface area contributed by atoms with Crippen LogP contribution in [0.25, 0.3) is 11.4 Å². The van der Waals surface area contributed by atoms with Crippen molar-refractivity contribution >= 4 is 29.3 Å². The number of carbonyl (C=O) groups is 1. The van der Waals surface area contributed by atoms with Gasteiger partial charge in [-0.1, -0.05) is 23.4 Å². The lowest BCUT2D eigenvalue weighted by atomic mass is 9.99. The standard InChI is InChI=1S/C24H25ClN4O3S/c1-4-29(5-2)20(31)13-33-24-19-10-18-16(12-30)11-26-14(3)21(18)32-23(19)27-22(28-24)15-6-8-17(25)9-7-15/h6-9,11,30H,4-5,10,12-13H2,1-3H3. The number of halogens is 1. The van der Waals surface area contributed by atoms with Crippen LogP contribution in [0.3, 0.4) is 0 Å². The second-order valence-corrected chi connectivity index (χ2v) is 9.01. The van der Waals surface area contributed by atoms with Crippen LogP contribution in [-0.4, -0.2) is 49.7 Å². The van der Waals surface area contributed by atoms with Crippen LogP contribution in [0.15, 0.2) is 35.5 Å². The van der Waals surface area contributed by atoms with Crippen molar-refractivity contribution in [1.29, 1.82) is 0 Å². The molecule has 1 amide bonds. The number of amides is 1. The zero-order valence-electron chi connectivity index (χ0n) is 18.8. The van der Waals surface area contributed by atoms with Gasteiger partial charge in [0.25, 0.3) is 0 Å². The molecule has 3 heterocycles. The van der Waals surface area contributed by atoms with Crippen molar-refractivity contribution in [1.82, 2.24) is 19.9 Å². The van der Waals surface area contributed by atoms with Gasteiger partial charge in [0, 0.05) is 47.4 Å². The molecule has 172 valence electrons. The van der Waals surface area contributed by atoms with E-state index >= 15 is 0 Å². The maximum Gasteiger partial charge on any atom is 0.232 e. The largest absolute Gasteiger partial charge is 0.436 e. The lowest BCUT2D eigenvalue weighted by Crippen LogP contribution is -2.31. The first-order valence-corrected chi connectivity index (χ1v) is 12.1. The van der Waals surface area contributed by atoms with Gasteiger partial charge in [0.15, 0.2) is 11.6 Å². The summed E-state index contributed by atoms with van der Waals surface area (Å²) in [6.45, 7) is 6.99. The van der Waals surface area contributed by atoms with Gasteiger partial charge < -0.3 is 14.7 Å². The van der Waals surface area contributed by atoms with Crippen LogP contribution in [0.1, 0.15) is 36.2 Å². The fourth-order valence-corrected chi connectivity index (χ4v) is 4.79. The number of fused-ring (bicyclic) bond motifs is 2. The van der Waals surface area contributed by atoms with E-state index in [0.29, 0.717) is 52.6 Å². The van der Waals surface area contributed by atoms with Gasteiger partial charge in [-0.05, 0) is 45.0 Å². The third-order valence-electron chi connectivity index (χ3n) is 5.61. The van der Waals surface area contributed by atoms with Crippen molar-refractivity contribution in [3.63, 3.8) is 0 Å². The number of hydrogen-bond donors (Lipinski definition) is 1. The molecular weight excluding hydrogens is 460 g/mol. The van der Waals surface area contributed by atoms with Crippen molar-refractivity contribution in [3.05, 3.63) is 57.9 Å². The minimum absolute atomic E-state index is 0.0543. The SMILES string of the molecule is CCN(CC)C(=O)CSc1nc(-c2ccc(Cl)cc2)nc2c1Cc1c(CO)cnc(C)c1O2. The minimum Gasteiger partial charge on any atom is -0.436 e. The molecule has 1 aliphatic rings. The van der Waals surface area contributed by atoms with Gasteiger partial charge in [-0.2, -0.15) is 4.98 Å². The first kappa shape index (κ1) is 23.5. The topological polar surface area (TPSA) is 88.4 Å². The van der Waals surface area contributed by atoms with Crippen LogP contribution in [-0.2, 0) is 17.8 Å². The molecule has 0 unspecified atom stereocenters. The molecule has 0 spiro atoms. The Labute approximate surface area is 202 Å². The number of nitrogens with zero attached hydrogens (tertiary/aromatic N) is 4. The smallest absolute Gasteiger partial charge is 0.232 e. The molecule has 4 rings (SSSR count). The summed E-state index contributed by atoms with van der Waals surface area (Å²) in [5, 5.41) is 11.1. The van der Waals surface area contributed by atoms with Crippen molar-refractivity contribution < 1.29 is 14.6 Å². The Balaban J connectivity index is 1.76. The molecule has 0 saturated carbocycles. The molecule has 1 aliphatic heterocycles. The summed E-state index contributed by atoms with van der Waals surface area (Å²) in [5.74, 6) is 1.87. The van der Waals surface area contributed by atoms with Gasteiger partial charge in [-0.3, -0.25) is 9.78 Å². The quantitative estimate of drug-likeness (QED) is 0.301. The summed E-state index contributed by atoms with van der Waals surface area (Å²) in [5.41, 5.74) is 3.91. The van der Waals surface area contributed by atoms with Crippen LogP contribution < -0.4 is 4.74 Å². The molecule has 3 aromatic rings. The van der Waals surface area contributed by atoms with Crippen LogP contribution in [0, 0.1) is 6.92 Å². The van der Waals surface area contributed by atoms with Gasteiger partial charge in [-0.15, -0.1) is 0 Å². The van der Waals surface area contributed by atoms with Crippen LogP contribution in [0.5, 0.6) is 11.6 Å². The first-order chi connectivity index (χ1) is 15.9. The number of aryl methyl sites for hydroxylation is 1. The zero-order chi connectivity index (χ0) is 23.5. The summed E-state index contributed by atoms with van der Waals surface area (Å²) in [6.07, 6.45) is 2.16. The summed E-state index contributed by atoms with van der Waals surface area (Å²) in [6, 6.07) is 7.28. The highest BCUT2D eigenvalue weighted by atomic mass is 35.5. The molecule has 7 nitrogen and oxygen atoms in total. The minimum atomic E-state index is -0.138. The van der Waals surface area contributed by atoms with Gasteiger partial charge in [-0.25, -0.2) is 4.98 Å². The summed E-state index contributed by atoms with van der Waals surface area (Å²) in [4.78, 5) is 28.3. The molecule has 0 bridgehead atoms. The Morgan fingerprint density at radius 2 is 1.91 bits per heavy atom. The number of pyridine rings is 1. The molecule has 2 aromatic heterocycles. The van der Waals surface area contributed by atoms with E-state index in [-0.39, 0.29) is 18.3 Å². The number of thioether (sulfide) groups is 1. The van der Waals surface area contributed by atoms with Gasteiger partial charge in [0.05, 0.1) is 23.6 Å².